The molecule has 0 saturated heterocycles. The molecule has 3 aromatic rings. The van der Waals surface area contributed by atoms with E-state index >= 15 is 0 Å². The van der Waals surface area contributed by atoms with Crippen LogP contribution in [0.5, 0.6) is 5.75 Å². The fourth-order valence-electron chi connectivity index (χ4n) is 1.91. The molecule has 0 amide bonds. The van der Waals surface area contributed by atoms with Gasteiger partial charge in [0.05, 0.1) is 12.7 Å². The van der Waals surface area contributed by atoms with Crippen molar-refractivity contribution in [3.8, 4) is 17.1 Å². The van der Waals surface area contributed by atoms with Crippen LogP contribution in [-0.4, -0.2) is 28.2 Å². The van der Waals surface area contributed by atoms with Gasteiger partial charge in [-0.15, -0.1) is 0 Å². The van der Waals surface area contributed by atoms with Crippen molar-refractivity contribution in [1.82, 2.24) is 15.1 Å². The summed E-state index contributed by atoms with van der Waals surface area (Å²) in [6.45, 7) is -0.160. The van der Waals surface area contributed by atoms with Crippen LogP contribution in [0.25, 0.3) is 11.4 Å². The summed E-state index contributed by atoms with van der Waals surface area (Å²) in [5.41, 5.74) is 0.932. The number of carbonyl (C=O) groups excluding carboxylic acids is 1. The molecule has 0 aliphatic carbocycles. The Morgan fingerprint density at radius 1 is 1.25 bits per heavy atom. The van der Waals surface area contributed by atoms with Crippen LogP contribution in [0.3, 0.4) is 0 Å². The van der Waals surface area contributed by atoms with Crippen molar-refractivity contribution in [1.29, 1.82) is 0 Å². The fourth-order valence-corrected chi connectivity index (χ4v) is 2.11. The lowest BCUT2D eigenvalue weighted by molar-refractivity contribution is 0.0429. The Labute approximate surface area is 142 Å². The van der Waals surface area contributed by atoms with E-state index in [9.17, 15) is 4.79 Å². The monoisotopic (exact) mass is 345 g/mol. The molecule has 3 rings (SSSR count). The number of nitrogens with zero attached hydrogens (tertiary/aromatic N) is 3. The first-order valence-corrected chi connectivity index (χ1v) is 7.30. The molecule has 0 atom stereocenters. The number of halogens is 1. The van der Waals surface area contributed by atoms with Crippen LogP contribution in [-0.2, 0) is 11.3 Å². The molecular formula is C16H12ClN3O4. The smallest absolute Gasteiger partial charge is 0.341 e. The minimum absolute atomic E-state index is 0.0759. The Morgan fingerprint density at radius 3 is 2.75 bits per heavy atom. The lowest BCUT2D eigenvalue weighted by Crippen LogP contribution is -2.06. The van der Waals surface area contributed by atoms with Crippen molar-refractivity contribution < 1.29 is 18.8 Å². The zero-order valence-corrected chi connectivity index (χ0v) is 13.4. The molecule has 0 radical (unpaired) electrons. The van der Waals surface area contributed by atoms with Crippen molar-refractivity contribution in [2.45, 2.75) is 6.61 Å². The van der Waals surface area contributed by atoms with Crippen LogP contribution in [0.2, 0.25) is 5.15 Å². The van der Waals surface area contributed by atoms with Gasteiger partial charge in [0.15, 0.2) is 6.61 Å². The minimum atomic E-state index is -0.614. The second kappa shape index (κ2) is 7.10. The summed E-state index contributed by atoms with van der Waals surface area (Å²) in [5, 5.41) is 3.93. The molecule has 0 aliphatic heterocycles. The fraction of sp³-hybridized carbons (Fsp3) is 0.125. The van der Waals surface area contributed by atoms with E-state index in [1.54, 1.807) is 37.4 Å². The van der Waals surface area contributed by atoms with E-state index in [0.29, 0.717) is 5.82 Å². The van der Waals surface area contributed by atoms with Crippen molar-refractivity contribution in [3.05, 3.63) is 59.2 Å². The largest absolute Gasteiger partial charge is 0.497 e. The van der Waals surface area contributed by atoms with Gasteiger partial charge in [0, 0.05) is 11.8 Å². The summed E-state index contributed by atoms with van der Waals surface area (Å²) in [5.74, 6) is 0.680. The number of rotatable bonds is 5. The Hall–Kier alpha value is -2.93. The van der Waals surface area contributed by atoms with Gasteiger partial charge in [-0.05, 0) is 36.4 Å². The Kier molecular flexibility index (Phi) is 4.72. The van der Waals surface area contributed by atoms with Gasteiger partial charge in [-0.25, -0.2) is 9.78 Å². The maximum Gasteiger partial charge on any atom is 0.341 e. The third-order valence-corrected chi connectivity index (χ3v) is 3.42. The second-order valence-electron chi connectivity index (χ2n) is 4.66. The maximum absolute atomic E-state index is 11.9. The van der Waals surface area contributed by atoms with E-state index < -0.39 is 5.97 Å². The molecule has 0 saturated carbocycles. The van der Waals surface area contributed by atoms with Crippen molar-refractivity contribution >= 4 is 17.6 Å². The van der Waals surface area contributed by atoms with Crippen LogP contribution < -0.4 is 4.74 Å². The van der Waals surface area contributed by atoms with E-state index in [1.165, 1.54) is 12.3 Å². The molecule has 1 aromatic carbocycles. The lowest BCUT2D eigenvalue weighted by atomic mass is 10.2. The summed E-state index contributed by atoms with van der Waals surface area (Å²) in [7, 11) is 1.59. The first kappa shape index (κ1) is 15.9. The molecule has 122 valence electrons. The molecule has 0 bridgehead atoms. The molecule has 8 heteroatoms. The Balaban J connectivity index is 1.66. The number of ether oxygens (including phenoxy) is 2. The van der Waals surface area contributed by atoms with Gasteiger partial charge in [-0.3, -0.25) is 0 Å². The molecular weight excluding hydrogens is 334 g/mol. The topological polar surface area (TPSA) is 87.3 Å². The zero-order valence-electron chi connectivity index (χ0n) is 12.6. The van der Waals surface area contributed by atoms with Crippen molar-refractivity contribution in [3.63, 3.8) is 0 Å². The van der Waals surface area contributed by atoms with Gasteiger partial charge < -0.3 is 14.0 Å². The number of aromatic nitrogens is 3. The normalized spacial score (nSPS) is 10.4. The second-order valence-corrected chi connectivity index (χ2v) is 5.02. The first-order chi connectivity index (χ1) is 11.7. The van der Waals surface area contributed by atoms with Gasteiger partial charge in [-0.1, -0.05) is 16.8 Å². The Bertz CT molecular complexity index is 849. The van der Waals surface area contributed by atoms with E-state index in [1.807, 2.05) is 0 Å². The Morgan fingerprint density at radius 2 is 2.04 bits per heavy atom. The molecule has 2 heterocycles. The van der Waals surface area contributed by atoms with Crippen LogP contribution in [0, 0.1) is 0 Å². The third-order valence-electron chi connectivity index (χ3n) is 3.12. The minimum Gasteiger partial charge on any atom is -0.497 e. The maximum atomic E-state index is 11.9. The van der Waals surface area contributed by atoms with Gasteiger partial charge in [-0.2, -0.15) is 4.98 Å². The van der Waals surface area contributed by atoms with E-state index in [-0.39, 0.29) is 23.2 Å². The molecule has 7 nitrogen and oxygen atoms in total. The van der Waals surface area contributed by atoms with Gasteiger partial charge in [0.25, 0.3) is 5.89 Å². The summed E-state index contributed by atoms with van der Waals surface area (Å²) >= 11 is 5.84. The molecule has 0 N–H and O–H groups in total. The van der Waals surface area contributed by atoms with Crippen LogP contribution in [0.1, 0.15) is 16.2 Å². The summed E-state index contributed by atoms with van der Waals surface area (Å²) < 4.78 is 15.3. The lowest BCUT2D eigenvalue weighted by Gasteiger charge is -2.02. The first-order valence-electron chi connectivity index (χ1n) is 6.92. The summed E-state index contributed by atoms with van der Waals surface area (Å²) in [4.78, 5) is 19.9. The van der Waals surface area contributed by atoms with Crippen molar-refractivity contribution in [2.75, 3.05) is 7.11 Å². The average molecular weight is 346 g/mol. The highest BCUT2D eigenvalue weighted by Crippen LogP contribution is 2.20. The standard InChI is InChI=1S/C16H12ClN3O4/c1-22-11-6-4-10(5-7-11)15-19-13(24-20-15)9-23-16(21)12-3-2-8-18-14(12)17/h2-8H,9H2,1H3. The van der Waals surface area contributed by atoms with Gasteiger partial charge in [0.2, 0.25) is 5.82 Å². The molecule has 0 spiro atoms. The number of hydrogen-bond acceptors (Lipinski definition) is 7. The number of esters is 1. The van der Waals surface area contributed by atoms with Crippen LogP contribution >= 0.6 is 11.6 Å². The SMILES string of the molecule is COc1ccc(-c2noc(COC(=O)c3cccnc3Cl)n2)cc1. The molecule has 0 fully saturated rings. The predicted octanol–water partition coefficient (Wildman–Crippen LogP) is 3.15. The number of benzene rings is 1. The highest BCUT2D eigenvalue weighted by Gasteiger charge is 2.15. The number of methoxy groups -OCH3 is 1. The molecule has 0 aliphatic rings. The van der Waals surface area contributed by atoms with Crippen molar-refractivity contribution in [2.24, 2.45) is 0 Å². The van der Waals surface area contributed by atoms with E-state index in [0.717, 1.165) is 11.3 Å². The average Bonchev–Trinajstić information content (AvgIpc) is 3.09. The molecule has 2 aromatic heterocycles. The zero-order chi connectivity index (χ0) is 16.9. The number of hydrogen-bond donors (Lipinski definition) is 0. The summed E-state index contributed by atoms with van der Waals surface area (Å²) in [6.07, 6.45) is 1.48. The highest BCUT2D eigenvalue weighted by atomic mass is 35.5. The van der Waals surface area contributed by atoms with Crippen LogP contribution in [0.4, 0.5) is 0 Å². The quantitative estimate of drug-likeness (QED) is 0.518. The van der Waals surface area contributed by atoms with E-state index in [2.05, 4.69) is 15.1 Å². The van der Waals surface area contributed by atoms with E-state index in [4.69, 9.17) is 25.6 Å². The van der Waals surface area contributed by atoms with Gasteiger partial charge >= 0.3 is 5.97 Å². The highest BCUT2D eigenvalue weighted by molar-refractivity contribution is 6.32. The molecule has 24 heavy (non-hydrogen) atoms. The third kappa shape index (κ3) is 3.52. The van der Waals surface area contributed by atoms with Crippen LogP contribution in [0.15, 0.2) is 47.1 Å². The molecule has 0 unspecified atom stereocenters. The van der Waals surface area contributed by atoms with Gasteiger partial charge in [0.1, 0.15) is 10.9 Å². The predicted molar refractivity (Wildman–Crippen MR) is 84.7 cm³/mol. The number of pyridine rings is 1. The summed E-state index contributed by atoms with van der Waals surface area (Å²) in [6, 6.07) is 10.3. The number of carbonyl (C=O) groups is 1.